The van der Waals surface area contributed by atoms with Crippen molar-refractivity contribution < 1.29 is 12.8 Å². The molecule has 0 atom stereocenters. The monoisotopic (exact) mass is 436 g/mol. The summed E-state index contributed by atoms with van der Waals surface area (Å²) in [6.07, 6.45) is 0. The molecule has 0 fully saturated rings. The Morgan fingerprint density at radius 3 is 2.43 bits per heavy atom. The highest BCUT2D eigenvalue weighted by Gasteiger charge is 2.19. The quantitative estimate of drug-likeness (QED) is 0.711. The van der Waals surface area contributed by atoms with Gasteiger partial charge in [-0.2, -0.15) is 0 Å². The molecule has 0 saturated carbocycles. The molecule has 0 aliphatic heterocycles. The van der Waals surface area contributed by atoms with E-state index in [0.717, 1.165) is 6.07 Å². The van der Waals surface area contributed by atoms with Crippen LogP contribution in [0.5, 0.6) is 0 Å². The van der Waals surface area contributed by atoms with Gasteiger partial charge in [-0.1, -0.05) is 0 Å². The molecule has 0 radical (unpaired) electrons. The number of aryl methyl sites for hydroxylation is 1. The van der Waals surface area contributed by atoms with Crippen LogP contribution in [-0.4, -0.2) is 8.42 Å². The van der Waals surface area contributed by atoms with Gasteiger partial charge in [-0.25, -0.2) is 12.8 Å². The van der Waals surface area contributed by atoms with Crippen molar-refractivity contribution in [2.45, 2.75) is 11.8 Å². The van der Waals surface area contributed by atoms with Crippen molar-refractivity contribution in [2.75, 3.05) is 10.5 Å². The first-order valence-electron chi connectivity index (χ1n) is 5.74. The van der Waals surface area contributed by atoms with Gasteiger partial charge in [0, 0.05) is 10.2 Å². The highest BCUT2D eigenvalue weighted by Crippen LogP contribution is 2.28. The molecule has 8 heteroatoms. The van der Waals surface area contributed by atoms with E-state index in [9.17, 15) is 12.8 Å². The maximum Gasteiger partial charge on any atom is 0.262 e. The molecule has 0 bridgehead atoms. The predicted molar refractivity (Wildman–Crippen MR) is 88.2 cm³/mol. The number of benzene rings is 2. The van der Waals surface area contributed by atoms with E-state index < -0.39 is 15.8 Å². The zero-order valence-corrected chi connectivity index (χ0v) is 14.8. The summed E-state index contributed by atoms with van der Waals surface area (Å²) in [6, 6.07) is 6.96. The second kappa shape index (κ2) is 5.94. The molecule has 2 aromatic rings. The largest absolute Gasteiger partial charge is 0.398 e. The van der Waals surface area contributed by atoms with Crippen molar-refractivity contribution in [1.29, 1.82) is 0 Å². The first-order valence-corrected chi connectivity index (χ1v) is 8.81. The van der Waals surface area contributed by atoms with Crippen molar-refractivity contribution >= 4 is 53.3 Å². The third kappa shape index (κ3) is 3.56. The summed E-state index contributed by atoms with van der Waals surface area (Å²) in [6.45, 7) is 1.65. The SMILES string of the molecule is Cc1cc(Br)c(N)cc1S(=O)(=O)Nc1ccc(Br)c(F)c1. The van der Waals surface area contributed by atoms with Crippen molar-refractivity contribution in [3.63, 3.8) is 0 Å². The minimum absolute atomic E-state index is 0.0477. The molecule has 0 saturated heterocycles. The van der Waals surface area contributed by atoms with Crippen LogP contribution in [0.15, 0.2) is 44.2 Å². The average Bonchev–Trinajstić information content (AvgIpc) is 2.37. The summed E-state index contributed by atoms with van der Waals surface area (Å²) in [4.78, 5) is 0.0477. The van der Waals surface area contributed by atoms with E-state index in [0.29, 0.717) is 15.7 Å². The minimum atomic E-state index is -3.85. The lowest BCUT2D eigenvalue weighted by atomic mass is 10.2. The lowest BCUT2D eigenvalue weighted by molar-refractivity contribution is 0.600. The second-order valence-electron chi connectivity index (χ2n) is 4.37. The Bertz CT molecular complexity index is 810. The Kier molecular flexibility index (Phi) is 4.60. The topological polar surface area (TPSA) is 72.2 Å². The molecule has 0 aliphatic carbocycles. The van der Waals surface area contributed by atoms with E-state index in [4.69, 9.17) is 5.73 Å². The van der Waals surface area contributed by atoms with Crippen molar-refractivity contribution in [2.24, 2.45) is 0 Å². The highest BCUT2D eigenvalue weighted by molar-refractivity contribution is 9.10. The van der Waals surface area contributed by atoms with E-state index in [2.05, 4.69) is 36.6 Å². The van der Waals surface area contributed by atoms with Crippen LogP contribution in [0.25, 0.3) is 0 Å². The van der Waals surface area contributed by atoms with Crippen LogP contribution in [0.2, 0.25) is 0 Å². The lowest BCUT2D eigenvalue weighted by Crippen LogP contribution is -2.15. The van der Waals surface area contributed by atoms with Crippen LogP contribution < -0.4 is 10.5 Å². The van der Waals surface area contributed by atoms with Crippen molar-refractivity contribution in [1.82, 2.24) is 0 Å². The molecular weight excluding hydrogens is 427 g/mol. The number of rotatable bonds is 3. The minimum Gasteiger partial charge on any atom is -0.398 e. The molecule has 2 aromatic carbocycles. The van der Waals surface area contributed by atoms with Crippen LogP contribution in [0.3, 0.4) is 0 Å². The number of hydrogen-bond donors (Lipinski definition) is 2. The molecule has 3 N–H and O–H groups in total. The number of nitrogens with one attached hydrogen (secondary N) is 1. The smallest absolute Gasteiger partial charge is 0.262 e. The number of nitrogen functional groups attached to an aromatic ring is 1. The van der Waals surface area contributed by atoms with Gasteiger partial charge in [0.05, 0.1) is 15.1 Å². The first kappa shape index (κ1) is 16.3. The van der Waals surface area contributed by atoms with Gasteiger partial charge < -0.3 is 5.73 Å². The predicted octanol–water partition coefficient (Wildman–Crippen LogP) is 4.04. The van der Waals surface area contributed by atoms with Crippen LogP contribution in [0.4, 0.5) is 15.8 Å². The third-order valence-electron chi connectivity index (χ3n) is 2.76. The Balaban J connectivity index is 2.43. The fourth-order valence-corrected chi connectivity index (χ4v) is 3.74. The zero-order valence-electron chi connectivity index (χ0n) is 10.8. The van der Waals surface area contributed by atoms with Crippen LogP contribution in [0.1, 0.15) is 5.56 Å². The molecule has 0 aromatic heterocycles. The number of sulfonamides is 1. The highest BCUT2D eigenvalue weighted by atomic mass is 79.9. The van der Waals surface area contributed by atoms with Crippen molar-refractivity contribution in [3.8, 4) is 0 Å². The number of hydrogen-bond acceptors (Lipinski definition) is 3. The number of halogens is 3. The van der Waals surface area contributed by atoms with Crippen LogP contribution >= 0.6 is 31.9 Å². The molecule has 21 heavy (non-hydrogen) atoms. The summed E-state index contributed by atoms with van der Waals surface area (Å²) < 4.78 is 41.4. The van der Waals surface area contributed by atoms with E-state index in [1.54, 1.807) is 13.0 Å². The van der Waals surface area contributed by atoms with Gasteiger partial charge >= 0.3 is 0 Å². The van der Waals surface area contributed by atoms with Gasteiger partial charge in [-0.3, -0.25) is 4.72 Å². The summed E-state index contributed by atoms with van der Waals surface area (Å²) in [5.41, 5.74) is 6.69. The maximum absolute atomic E-state index is 13.4. The number of anilines is 2. The Morgan fingerprint density at radius 2 is 1.81 bits per heavy atom. The van der Waals surface area contributed by atoms with E-state index in [1.807, 2.05) is 0 Å². The van der Waals surface area contributed by atoms with Crippen molar-refractivity contribution in [3.05, 3.63) is 50.7 Å². The molecule has 0 aliphatic rings. The van der Waals surface area contributed by atoms with E-state index >= 15 is 0 Å². The second-order valence-corrected chi connectivity index (χ2v) is 7.73. The third-order valence-corrected chi connectivity index (χ3v) is 5.61. The molecule has 0 amide bonds. The average molecular weight is 438 g/mol. The molecule has 2 rings (SSSR count). The molecule has 0 heterocycles. The van der Waals surface area contributed by atoms with Gasteiger partial charge in [0.25, 0.3) is 10.0 Å². The fraction of sp³-hybridized carbons (Fsp3) is 0.0769. The molecule has 112 valence electrons. The zero-order chi connectivity index (χ0) is 15.8. The van der Waals surface area contributed by atoms with Gasteiger partial charge in [0.15, 0.2) is 0 Å². The van der Waals surface area contributed by atoms with Gasteiger partial charge in [0.2, 0.25) is 0 Å². The lowest BCUT2D eigenvalue weighted by Gasteiger charge is -2.12. The Morgan fingerprint density at radius 1 is 1.14 bits per heavy atom. The molecule has 4 nitrogen and oxygen atoms in total. The number of nitrogens with two attached hydrogens (primary N) is 1. The van der Waals surface area contributed by atoms with E-state index in [1.165, 1.54) is 18.2 Å². The van der Waals surface area contributed by atoms with Crippen LogP contribution in [-0.2, 0) is 10.0 Å². The molecular formula is C13H11Br2FN2O2S. The Hall–Kier alpha value is -1.12. The molecule has 0 unspecified atom stereocenters. The van der Waals surface area contributed by atoms with Gasteiger partial charge in [-0.15, -0.1) is 0 Å². The summed E-state index contributed by atoms with van der Waals surface area (Å²) in [7, 11) is -3.85. The Labute approximate surface area is 138 Å². The summed E-state index contributed by atoms with van der Waals surface area (Å²) >= 11 is 6.25. The summed E-state index contributed by atoms with van der Waals surface area (Å²) in [5.74, 6) is -0.553. The summed E-state index contributed by atoms with van der Waals surface area (Å²) in [5, 5.41) is 0. The van der Waals surface area contributed by atoms with Gasteiger partial charge in [0.1, 0.15) is 5.82 Å². The van der Waals surface area contributed by atoms with Crippen LogP contribution in [0, 0.1) is 12.7 Å². The molecule has 0 spiro atoms. The van der Waals surface area contributed by atoms with E-state index in [-0.39, 0.29) is 15.1 Å². The fourth-order valence-electron chi connectivity index (χ4n) is 1.73. The standard InChI is InChI=1S/C13H11Br2FN2O2S/c1-7-4-10(15)12(17)6-13(7)21(19,20)18-8-2-3-9(14)11(16)5-8/h2-6,18H,17H2,1H3. The van der Waals surface area contributed by atoms with Gasteiger partial charge in [-0.05, 0) is 74.7 Å². The normalized spacial score (nSPS) is 11.4. The first-order chi connectivity index (χ1) is 9.70. The maximum atomic E-state index is 13.4.